The molecule has 3 heterocycles. The molecule has 0 bridgehead atoms. The molecular formula is C21H15N5O. The number of ether oxygens (including phenoxy) is 1. The van der Waals surface area contributed by atoms with E-state index in [-0.39, 0.29) is 0 Å². The van der Waals surface area contributed by atoms with Crippen LogP contribution in [0, 0.1) is 0 Å². The molecule has 0 fully saturated rings. The Morgan fingerprint density at radius 1 is 0.852 bits per heavy atom. The van der Waals surface area contributed by atoms with Crippen molar-refractivity contribution in [2.75, 3.05) is 0 Å². The van der Waals surface area contributed by atoms with E-state index in [4.69, 9.17) is 4.74 Å². The van der Waals surface area contributed by atoms with Gasteiger partial charge >= 0.3 is 0 Å². The lowest BCUT2D eigenvalue weighted by Crippen LogP contribution is -1.89. The first-order chi connectivity index (χ1) is 13.4. The first kappa shape index (κ1) is 15.3. The van der Waals surface area contributed by atoms with E-state index >= 15 is 0 Å². The summed E-state index contributed by atoms with van der Waals surface area (Å²) in [7, 11) is 0. The molecule has 5 aromatic rings. The smallest absolute Gasteiger partial charge is 0.157 e. The van der Waals surface area contributed by atoms with Crippen molar-refractivity contribution >= 4 is 11.0 Å². The van der Waals surface area contributed by atoms with Gasteiger partial charge in [-0.25, -0.2) is 9.97 Å². The van der Waals surface area contributed by atoms with Crippen molar-refractivity contribution in [2.24, 2.45) is 0 Å². The zero-order valence-electron chi connectivity index (χ0n) is 14.3. The molecule has 2 aromatic carbocycles. The summed E-state index contributed by atoms with van der Waals surface area (Å²) in [5.74, 6) is 2.28. The van der Waals surface area contributed by atoms with Crippen molar-refractivity contribution in [1.29, 1.82) is 0 Å². The number of pyridine rings is 1. The Balaban J connectivity index is 1.61. The average Bonchev–Trinajstić information content (AvgIpc) is 3.38. The number of nitrogens with zero attached hydrogens (tertiary/aromatic N) is 3. The largest absolute Gasteiger partial charge is 0.457 e. The molecule has 6 nitrogen and oxygen atoms in total. The highest BCUT2D eigenvalue weighted by Gasteiger charge is 2.13. The molecule has 130 valence electrons. The third-order valence-corrected chi connectivity index (χ3v) is 4.37. The molecule has 3 aromatic heterocycles. The minimum absolute atomic E-state index is 0.703. The SMILES string of the molecule is c1ccc(Oc2ccccc2-c2cnc3[nH]cc(-c4ncn[nH]4)c3c2)cc1. The minimum Gasteiger partial charge on any atom is -0.457 e. The fraction of sp³-hybridized carbons (Fsp3) is 0. The molecule has 5 rings (SSSR count). The Morgan fingerprint density at radius 2 is 1.70 bits per heavy atom. The van der Waals surface area contributed by atoms with Crippen LogP contribution in [0.5, 0.6) is 11.5 Å². The number of hydrogen-bond acceptors (Lipinski definition) is 4. The number of rotatable bonds is 4. The number of nitrogens with one attached hydrogen (secondary N) is 2. The molecule has 0 aliphatic rings. The maximum atomic E-state index is 6.10. The Labute approximate surface area is 154 Å². The molecule has 0 aliphatic carbocycles. The summed E-state index contributed by atoms with van der Waals surface area (Å²) in [6, 6.07) is 19.8. The number of benzene rings is 2. The second kappa shape index (κ2) is 6.42. The molecule has 0 spiro atoms. The number of H-pyrrole nitrogens is 2. The van der Waals surface area contributed by atoms with Gasteiger partial charge in [-0.1, -0.05) is 36.4 Å². The lowest BCUT2D eigenvalue weighted by Gasteiger charge is -2.11. The standard InChI is InChI=1S/C21H15N5O/c1-2-6-15(7-3-1)27-19-9-5-4-8-16(19)14-10-17-18(21-24-13-25-26-21)12-23-20(17)22-11-14/h1-13H,(H,22,23)(H,24,25,26). The van der Waals surface area contributed by atoms with Gasteiger partial charge in [0, 0.05) is 34.5 Å². The maximum absolute atomic E-state index is 6.10. The Bertz CT molecular complexity index is 1200. The predicted molar refractivity (Wildman–Crippen MR) is 103 cm³/mol. The van der Waals surface area contributed by atoms with Gasteiger partial charge in [-0.2, -0.15) is 5.10 Å². The van der Waals surface area contributed by atoms with Crippen LogP contribution in [-0.4, -0.2) is 25.1 Å². The zero-order valence-corrected chi connectivity index (χ0v) is 14.3. The second-order valence-corrected chi connectivity index (χ2v) is 6.07. The van der Waals surface area contributed by atoms with Crippen LogP contribution in [-0.2, 0) is 0 Å². The molecule has 0 radical (unpaired) electrons. The normalized spacial score (nSPS) is 11.0. The highest BCUT2D eigenvalue weighted by atomic mass is 16.5. The molecule has 0 unspecified atom stereocenters. The minimum atomic E-state index is 0.703. The van der Waals surface area contributed by atoms with E-state index in [0.29, 0.717) is 5.82 Å². The van der Waals surface area contributed by atoms with Gasteiger partial charge in [-0.05, 0) is 24.3 Å². The van der Waals surface area contributed by atoms with E-state index in [1.54, 1.807) is 0 Å². The van der Waals surface area contributed by atoms with Gasteiger partial charge in [-0.15, -0.1) is 0 Å². The van der Waals surface area contributed by atoms with Gasteiger partial charge < -0.3 is 9.72 Å². The van der Waals surface area contributed by atoms with E-state index in [9.17, 15) is 0 Å². The van der Waals surface area contributed by atoms with E-state index in [0.717, 1.165) is 39.2 Å². The molecule has 0 aliphatic heterocycles. The maximum Gasteiger partial charge on any atom is 0.157 e. The van der Waals surface area contributed by atoms with Crippen LogP contribution in [0.3, 0.4) is 0 Å². The van der Waals surface area contributed by atoms with Gasteiger partial charge in [0.05, 0.1) is 0 Å². The summed E-state index contributed by atoms with van der Waals surface area (Å²) in [5, 5.41) is 7.81. The number of fused-ring (bicyclic) bond motifs is 1. The zero-order chi connectivity index (χ0) is 18.1. The lowest BCUT2D eigenvalue weighted by atomic mass is 10.0. The Kier molecular flexibility index (Phi) is 3.65. The van der Waals surface area contributed by atoms with Gasteiger partial charge in [-0.3, -0.25) is 5.10 Å². The molecule has 0 atom stereocenters. The lowest BCUT2D eigenvalue weighted by molar-refractivity contribution is 0.484. The molecule has 27 heavy (non-hydrogen) atoms. The highest BCUT2D eigenvalue weighted by Crippen LogP contribution is 2.35. The third kappa shape index (κ3) is 2.83. The fourth-order valence-corrected chi connectivity index (χ4v) is 3.09. The van der Waals surface area contributed by atoms with Gasteiger partial charge in [0.1, 0.15) is 23.5 Å². The monoisotopic (exact) mass is 353 g/mol. The van der Waals surface area contributed by atoms with E-state index in [2.05, 4.69) is 31.2 Å². The molecule has 0 saturated carbocycles. The quantitative estimate of drug-likeness (QED) is 0.486. The van der Waals surface area contributed by atoms with Gasteiger partial charge in [0.15, 0.2) is 5.82 Å². The first-order valence-corrected chi connectivity index (χ1v) is 8.54. The number of aromatic nitrogens is 5. The summed E-state index contributed by atoms with van der Waals surface area (Å²) < 4.78 is 6.10. The summed E-state index contributed by atoms with van der Waals surface area (Å²) in [6.07, 6.45) is 5.22. The van der Waals surface area contributed by atoms with Crippen molar-refractivity contribution in [3.63, 3.8) is 0 Å². The third-order valence-electron chi connectivity index (χ3n) is 4.37. The molecule has 6 heteroatoms. The second-order valence-electron chi connectivity index (χ2n) is 6.07. The molecular weight excluding hydrogens is 338 g/mol. The van der Waals surface area contributed by atoms with Crippen molar-refractivity contribution in [3.8, 4) is 34.0 Å². The molecule has 0 amide bonds. The first-order valence-electron chi connectivity index (χ1n) is 8.54. The summed E-state index contributed by atoms with van der Waals surface area (Å²) in [5.41, 5.74) is 3.67. The Hall–Kier alpha value is -3.93. The van der Waals surface area contributed by atoms with Crippen LogP contribution < -0.4 is 4.74 Å². The number of hydrogen-bond donors (Lipinski definition) is 2. The van der Waals surface area contributed by atoms with Gasteiger partial charge in [0.2, 0.25) is 0 Å². The van der Waals surface area contributed by atoms with E-state index in [1.807, 2.05) is 67.0 Å². The highest BCUT2D eigenvalue weighted by molar-refractivity contribution is 5.94. The van der Waals surface area contributed by atoms with Gasteiger partial charge in [0.25, 0.3) is 0 Å². The molecule has 2 N–H and O–H groups in total. The predicted octanol–water partition coefficient (Wildman–Crippen LogP) is 4.81. The Morgan fingerprint density at radius 3 is 2.56 bits per heavy atom. The summed E-state index contributed by atoms with van der Waals surface area (Å²) >= 11 is 0. The van der Waals surface area contributed by atoms with Crippen LogP contribution in [0.15, 0.2) is 79.4 Å². The number of para-hydroxylation sites is 2. The summed E-state index contributed by atoms with van der Waals surface area (Å²) in [4.78, 5) is 12.0. The topological polar surface area (TPSA) is 79.5 Å². The number of aromatic amines is 2. The fourth-order valence-electron chi connectivity index (χ4n) is 3.09. The van der Waals surface area contributed by atoms with Crippen LogP contribution in [0.4, 0.5) is 0 Å². The van der Waals surface area contributed by atoms with Crippen molar-refractivity contribution < 1.29 is 4.74 Å². The summed E-state index contributed by atoms with van der Waals surface area (Å²) in [6.45, 7) is 0. The van der Waals surface area contributed by atoms with Crippen molar-refractivity contribution in [3.05, 3.63) is 79.4 Å². The van der Waals surface area contributed by atoms with Crippen LogP contribution in [0.25, 0.3) is 33.5 Å². The average molecular weight is 353 g/mol. The van der Waals surface area contributed by atoms with Crippen LogP contribution in [0.1, 0.15) is 0 Å². The molecule has 0 saturated heterocycles. The van der Waals surface area contributed by atoms with Crippen LogP contribution >= 0.6 is 0 Å². The van der Waals surface area contributed by atoms with Crippen molar-refractivity contribution in [1.82, 2.24) is 25.1 Å². The van der Waals surface area contributed by atoms with E-state index < -0.39 is 0 Å². The van der Waals surface area contributed by atoms with Crippen molar-refractivity contribution in [2.45, 2.75) is 0 Å². The van der Waals surface area contributed by atoms with Crippen LogP contribution in [0.2, 0.25) is 0 Å². The van der Waals surface area contributed by atoms with E-state index in [1.165, 1.54) is 6.33 Å².